The number of carboxylic acid groups (broad SMARTS) is 1. The Hall–Kier alpha value is -1.32. The number of imidazole rings is 1. The second-order valence-corrected chi connectivity index (χ2v) is 3.13. The van der Waals surface area contributed by atoms with Gasteiger partial charge in [-0.15, -0.1) is 0 Å². The Bertz CT molecular complexity index is 278. The lowest BCUT2D eigenvalue weighted by molar-refractivity contribution is 0.0684. The fourth-order valence-electron chi connectivity index (χ4n) is 1.04. The van der Waals surface area contributed by atoms with Crippen LogP contribution in [-0.2, 0) is 6.54 Å². The fourth-order valence-corrected chi connectivity index (χ4v) is 1.04. The lowest BCUT2D eigenvalue weighted by Crippen LogP contribution is -2.10. The molecule has 0 bridgehead atoms. The van der Waals surface area contributed by atoms with E-state index in [1.54, 1.807) is 10.9 Å². The van der Waals surface area contributed by atoms with E-state index in [-0.39, 0.29) is 5.69 Å². The summed E-state index contributed by atoms with van der Waals surface area (Å²) < 4.78 is 1.65. The molecule has 0 saturated carbocycles. The second kappa shape index (κ2) is 3.38. The van der Waals surface area contributed by atoms with Gasteiger partial charge in [-0.3, -0.25) is 0 Å². The van der Waals surface area contributed by atoms with Crippen LogP contribution in [0.1, 0.15) is 24.3 Å². The molecule has 1 N–H and O–H groups in total. The highest BCUT2D eigenvalue weighted by atomic mass is 16.4. The predicted octanol–water partition coefficient (Wildman–Crippen LogP) is 1.24. The van der Waals surface area contributed by atoms with E-state index in [2.05, 4.69) is 4.98 Å². The minimum Gasteiger partial charge on any atom is -0.477 e. The summed E-state index contributed by atoms with van der Waals surface area (Å²) in [4.78, 5) is 14.4. The molecule has 0 radical (unpaired) electrons. The number of aromatic nitrogens is 2. The van der Waals surface area contributed by atoms with Crippen LogP contribution in [0.3, 0.4) is 0 Å². The number of carbonyl (C=O) groups is 1. The van der Waals surface area contributed by atoms with E-state index >= 15 is 0 Å². The third-order valence-electron chi connectivity index (χ3n) is 1.49. The number of hydrogen-bond acceptors (Lipinski definition) is 2. The topological polar surface area (TPSA) is 55.1 Å². The van der Waals surface area contributed by atoms with Crippen molar-refractivity contribution in [2.45, 2.75) is 20.4 Å². The van der Waals surface area contributed by atoms with Gasteiger partial charge in [-0.25, -0.2) is 9.78 Å². The molecule has 0 saturated heterocycles. The summed E-state index contributed by atoms with van der Waals surface area (Å²) in [5.41, 5.74) is 0.253. The summed E-state index contributed by atoms with van der Waals surface area (Å²) >= 11 is 0. The fraction of sp³-hybridized carbons (Fsp3) is 0.500. The molecule has 0 aliphatic rings. The van der Waals surface area contributed by atoms with Crippen LogP contribution in [0, 0.1) is 5.92 Å². The molecular weight excluding hydrogens is 156 g/mol. The molecule has 4 heteroatoms. The molecule has 0 amide bonds. The molecule has 0 fully saturated rings. The minimum absolute atomic E-state index is 0.253. The van der Waals surface area contributed by atoms with Crippen LogP contribution in [0.15, 0.2) is 12.5 Å². The van der Waals surface area contributed by atoms with Crippen molar-refractivity contribution in [1.29, 1.82) is 0 Å². The van der Waals surface area contributed by atoms with Crippen LogP contribution in [-0.4, -0.2) is 20.6 Å². The quantitative estimate of drug-likeness (QED) is 0.738. The van der Waals surface area contributed by atoms with Gasteiger partial charge in [-0.05, 0) is 5.92 Å². The van der Waals surface area contributed by atoms with E-state index in [4.69, 9.17) is 5.11 Å². The van der Waals surface area contributed by atoms with Gasteiger partial charge in [0.1, 0.15) is 5.69 Å². The number of hydrogen-bond donors (Lipinski definition) is 1. The summed E-state index contributed by atoms with van der Waals surface area (Å²) in [5.74, 6) is -0.495. The summed E-state index contributed by atoms with van der Waals surface area (Å²) in [6, 6.07) is 0. The van der Waals surface area contributed by atoms with Crippen molar-refractivity contribution in [3.05, 3.63) is 18.2 Å². The molecule has 1 rings (SSSR count). The SMILES string of the molecule is CC(C)Cn1cncc1C(=O)O. The zero-order valence-corrected chi connectivity index (χ0v) is 7.19. The van der Waals surface area contributed by atoms with Crippen LogP contribution in [0.2, 0.25) is 0 Å². The molecule has 4 nitrogen and oxygen atoms in total. The van der Waals surface area contributed by atoms with Crippen LogP contribution in [0.5, 0.6) is 0 Å². The Morgan fingerprint density at radius 1 is 1.75 bits per heavy atom. The first kappa shape index (κ1) is 8.77. The number of rotatable bonds is 3. The molecule has 12 heavy (non-hydrogen) atoms. The van der Waals surface area contributed by atoms with Crippen LogP contribution in [0.25, 0.3) is 0 Å². The highest BCUT2D eigenvalue weighted by Crippen LogP contribution is 2.03. The van der Waals surface area contributed by atoms with E-state index in [0.29, 0.717) is 12.5 Å². The normalized spacial score (nSPS) is 10.6. The van der Waals surface area contributed by atoms with Crippen molar-refractivity contribution in [2.24, 2.45) is 5.92 Å². The van der Waals surface area contributed by atoms with Gasteiger partial charge in [0.15, 0.2) is 0 Å². The lowest BCUT2D eigenvalue weighted by Gasteiger charge is -2.06. The molecule has 0 aromatic carbocycles. The molecule has 0 spiro atoms. The summed E-state index contributed by atoms with van der Waals surface area (Å²) in [7, 11) is 0. The average Bonchev–Trinajstić information content (AvgIpc) is 2.33. The van der Waals surface area contributed by atoms with Gasteiger partial charge in [0.25, 0.3) is 0 Å². The molecule has 0 aliphatic heterocycles. The zero-order chi connectivity index (χ0) is 9.14. The van der Waals surface area contributed by atoms with E-state index in [1.165, 1.54) is 6.20 Å². The second-order valence-electron chi connectivity index (χ2n) is 3.13. The first-order valence-electron chi connectivity index (χ1n) is 3.84. The van der Waals surface area contributed by atoms with E-state index < -0.39 is 5.97 Å². The van der Waals surface area contributed by atoms with Crippen LogP contribution in [0.4, 0.5) is 0 Å². The van der Waals surface area contributed by atoms with Crippen LogP contribution >= 0.6 is 0 Å². The largest absolute Gasteiger partial charge is 0.477 e. The Morgan fingerprint density at radius 3 is 2.92 bits per heavy atom. The highest BCUT2D eigenvalue weighted by molar-refractivity contribution is 5.85. The number of carboxylic acids is 1. The van der Waals surface area contributed by atoms with E-state index in [0.717, 1.165) is 0 Å². The number of aromatic carboxylic acids is 1. The van der Waals surface area contributed by atoms with Gasteiger partial charge in [0, 0.05) is 6.54 Å². The summed E-state index contributed by atoms with van der Waals surface area (Å²) in [6.07, 6.45) is 2.91. The van der Waals surface area contributed by atoms with Crippen molar-refractivity contribution in [1.82, 2.24) is 9.55 Å². The molecule has 1 aromatic rings. The Labute approximate surface area is 70.9 Å². The Morgan fingerprint density at radius 2 is 2.42 bits per heavy atom. The zero-order valence-electron chi connectivity index (χ0n) is 7.19. The molecule has 0 aliphatic carbocycles. The average molecular weight is 168 g/mol. The monoisotopic (exact) mass is 168 g/mol. The number of nitrogens with zero attached hydrogens (tertiary/aromatic N) is 2. The standard InChI is InChI=1S/C8H12N2O2/c1-6(2)4-10-5-9-3-7(10)8(11)12/h3,5-6H,4H2,1-2H3,(H,11,12). The van der Waals surface area contributed by atoms with Crippen LogP contribution < -0.4 is 0 Å². The first-order chi connectivity index (χ1) is 5.61. The first-order valence-corrected chi connectivity index (χ1v) is 3.84. The van der Waals surface area contributed by atoms with Gasteiger partial charge in [0.05, 0.1) is 12.5 Å². The maximum atomic E-state index is 10.6. The van der Waals surface area contributed by atoms with Crippen molar-refractivity contribution < 1.29 is 9.90 Å². The Kier molecular flexibility index (Phi) is 2.47. The molecule has 1 aromatic heterocycles. The van der Waals surface area contributed by atoms with Gasteiger partial charge < -0.3 is 9.67 Å². The van der Waals surface area contributed by atoms with Gasteiger partial charge >= 0.3 is 5.97 Å². The molecule has 0 unspecified atom stereocenters. The maximum absolute atomic E-state index is 10.6. The highest BCUT2D eigenvalue weighted by Gasteiger charge is 2.09. The maximum Gasteiger partial charge on any atom is 0.354 e. The molecule has 0 atom stereocenters. The van der Waals surface area contributed by atoms with Crippen molar-refractivity contribution in [2.75, 3.05) is 0 Å². The molecule has 66 valence electrons. The van der Waals surface area contributed by atoms with E-state index in [1.807, 2.05) is 13.8 Å². The summed E-state index contributed by atoms with van der Waals surface area (Å²) in [5, 5.41) is 8.71. The van der Waals surface area contributed by atoms with Gasteiger partial charge in [-0.1, -0.05) is 13.8 Å². The Balaban J connectivity index is 2.84. The van der Waals surface area contributed by atoms with Crippen molar-refractivity contribution in [3.8, 4) is 0 Å². The van der Waals surface area contributed by atoms with Gasteiger partial charge in [0.2, 0.25) is 0 Å². The third kappa shape index (κ3) is 1.84. The molecular formula is C8H12N2O2. The molecule has 1 heterocycles. The lowest BCUT2D eigenvalue weighted by atomic mass is 10.2. The predicted molar refractivity (Wildman–Crippen MR) is 44.0 cm³/mol. The smallest absolute Gasteiger partial charge is 0.354 e. The van der Waals surface area contributed by atoms with Crippen molar-refractivity contribution >= 4 is 5.97 Å². The minimum atomic E-state index is -0.923. The van der Waals surface area contributed by atoms with E-state index in [9.17, 15) is 4.79 Å². The summed E-state index contributed by atoms with van der Waals surface area (Å²) in [6.45, 7) is 4.76. The van der Waals surface area contributed by atoms with Crippen molar-refractivity contribution in [3.63, 3.8) is 0 Å². The third-order valence-corrected chi connectivity index (χ3v) is 1.49. The van der Waals surface area contributed by atoms with Gasteiger partial charge in [-0.2, -0.15) is 0 Å².